The highest BCUT2D eigenvalue weighted by Gasteiger charge is 2.34. The SMILES string of the molecule is O=C(NNc1c(F)c(F)c(F)c(F)c1F)[C@H]1CCCN(S(=O)(=O)c2ccc(F)cc2)C1. The van der Waals surface area contributed by atoms with E-state index in [4.69, 9.17) is 0 Å². The van der Waals surface area contributed by atoms with Crippen LogP contribution in [0.25, 0.3) is 0 Å². The van der Waals surface area contributed by atoms with Crippen LogP contribution in [-0.4, -0.2) is 31.7 Å². The average molecular weight is 467 g/mol. The molecule has 31 heavy (non-hydrogen) atoms. The summed E-state index contributed by atoms with van der Waals surface area (Å²) in [7, 11) is -4.04. The van der Waals surface area contributed by atoms with Gasteiger partial charge in [-0.05, 0) is 37.1 Å². The highest BCUT2D eigenvalue weighted by atomic mass is 32.2. The molecule has 13 heteroatoms. The number of sulfonamides is 1. The van der Waals surface area contributed by atoms with Gasteiger partial charge in [-0.1, -0.05) is 0 Å². The van der Waals surface area contributed by atoms with Crippen LogP contribution in [0.2, 0.25) is 0 Å². The van der Waals surface area contributed by atoms with Crippen LogP contribution in [0.4, 0.5) is 32.0 Å². The van der Waals surface area contributed by atoms with Gasteiger partial charge in [0.25, 0.3) is 0 Å². The van der Waals surface area contributed by atoms with Crippen LogP contribution in [-0.2, 0) is 14.8 Å². The van der Waals surface area contributed by atoms with E-state index in [1.807, 2.05) is 5.43 Å². The predicted molar refractivity (Wildman–Crippen MR) is 95.9 cm³/mol. The van der Waals surface area contributed by atoms with Crippen LogP contribution >= 0.6 is 0 Å². The van der Waals surface area contributed by atoms with Crippen molar-refractivity contribution in [3.63, 3.8) is 0 Å². The summed E-state index contributed by atoms with van der Waals surface area (Å²) in [5.41, 5.74) is 2.07. The molecule has 168 valence electrons. The van der Waals surface area contributed by atoms with Gasteiger partial charge in [0.05, 0.1) is 10.8 Å². The van der Waals surface area contributed by atoms with E-state index in [2.05, 4.69) is 0 Å². The Hall–Kier alpha value is -2.80. The standard InChI is InChI=1S/C18H15F6N3O3S/c19-10-3-5-11(6-4-10)31(29,30)27-7-1-2-9(8-27)18(28)26-25-17-15(23)13(21)12(20)14(22)16(17)24/h3-6,9,25H,1-2,7-8H2,(H,26,28)/t9-/m0/s1. The fraction of sp³-hybridized carbons (Fsp3) is 0.278. The van der Waals surface area contributed by atoms with Gasteiger partial charge in [-0.25, -0.2) is 34.8 Å². The van der Waals surface area contributed by atoms with E-state index in [-0.39, 0.29) is 30.8 Å². The third kappa shape index (κ3) is 4.46. The number of nitrogens with zero attached hydrogens (tertiary/aromatic N) is 1. The fourth-order valence-corrected chi connectivity index (χ4v) is 4.59. The molecule has 1 amide bonds. The normalized spacial score (nSPS) is 17.4. The third-order valence-electron chi connectivity index (χ3n) is 4.73. The number of hydrogen-bond acceptors (Lipinski definition) is 4. The summed E-state index contributed by atoms with van der Waals surface area (Å²) >= 11 is 0. The van der Waals surface area contributed by atoms with Crippen molar-refractivity contribution >= 4 is 21.6 Å². The lowest BCUT2D eigenvalue weighted by Crippen LogP contribution is -2.46. The Labute approximate surface area is 172 Å². The van der Waals surface area contributed by atoms with E-state index in [9.17, 15) is 39.6 Å². The molecule has 0 bridgehead atoms. The van der Waals surface area contributed by atoms with Crippen LogP contribution in [0.1, 0.15) is 12.8 Å². The maximum atomic E-state index is 13.7. The number of amides is 1. The maximum absolute atomic E-state index is 13.7. The molecule has 6 nitrogen and oxygen atoms in total. The van der Waals surface area contributed by atoms with Gasteiger partial charge in [-0.15, -0.1) is 0 Å². The van der Waals surface area contributed by atoms with Crippen LogP contribution in [0.15, 0.2) is 29.2 Å². The summed E-state index contributed by atoms with van der Waals surface area (Å²) in [6.45, 7) is -0.223. The minimum atomic E-state index is -4.04. The summed E-state index contributed by atoms with van der Waals surface area (Å²) in [6, 6.07) is 4.07. The van der Waals surface area contributed by atoms with Crippen molar-refractivity contribution in [3.8, 4) is 0 Å². The second kappa shape index (κ2) is 8.75. The summed E-state index contributed by atoms with van der Waals surface area (Å²) in [5, 5.41) is 0. The second-order valence-electron chi connectivity index (χ2n) is 6.72. The number of halogens is 6. The molecule has 0 radical (unpaired) electrons. The molecule has 2 aromatic rings. The number of hydrazine groups is 1. The first kappa shape index (κ1) is 22.9. The smallest absolute Gasteiger partial charge is 0.243 e. The molecular formula is C18H15F6N3O3S. The van der Waals surface area contributed by atoms with Crippen molar-refractivity contribution in [2.45, 2.75) is 17.7 Å². The third-order valence-corrected chi connectivity index (χ3v) is 6.61. The van der Waals surface area contributed by atoms with Gasteiger partial charge in [-0.2, -0.15) is 4.31 Å². The van der Waals surface area contributed by atoms with Gasteiger partial charge in [-0.3, -0.25) is 15.6 Å². The maximum Gasteiger partial charge on any atom is 0.243 e. The predicted octanol–water partition coefficient (Wildman–Crippen LogP) is 3.07. The van der Waals surface area contributed by atoms with Gasteiger partial charge in [0.2, 0.25) is 21.7 Å². The Morgan fingerprint density at radius 2 is 1.45 bits per heavy atom. The number of carbonyl (C=O) groups is 1. The number of nitrogens with one attached hydrogen (secondary N) is 2. The first-order valence-electron chi connectivity index (χ1n) is 8.87. The molecule has 0 saturated carbocycles. The minimum absolute atomic E-state index is 0.0779. The zero-order valence-corrected chi connectivity index (χ0v) is 16.4. The number of piperidine rings is 1. The molecule has 0 spiro atoms. The van der Waals surface area contributed by atoms with Gasteiger partial charge in [0.1, 0.15) is 11.5 Å². The van der Waals surface area contributed by atoms with Crippen molar-refractivity contribution in [2.75, 3.05) is 18.5 Å². The highest BCUT2D eigenvalue weighted by molar-refractivity contribution is 7.89. The summed E-state index contributed by atoms with van der Waals surface area (Å²) in [5.74, 6) is -13.6. The van der Waals surface area contributed by atoms with Crippen LogP contribution < -0.4 is 10.9 Å². The van der Waals surface area contributed by atoms with Gasteiger partial charge >= 0.3 is 0 Å². The van der Waals surface area contributed by atoms with E-state index in [0.717, 1.165) is 28.6 Å². The number of carbonyl (C=O) groups excluding carboxylic acids is 1. The van der Waals surface area contributed by atoms with E-state index in [1.54, 1.807) is 5.43 Å². The molecule has 1 aliphatic rings. The molecule has 2 aromatic carbocycles. The lowest BCUT2D eigenvalue weighted by Gasteiger charge is -2.31. The van der Waals surface area contributed by atoms with E-state index < -0.39 is 62.4 Å². The monoisotopic (exact) mass is 467 g/mol. The molecule has 0 aliphatic carbocycles. The van der Waals surface area contributed by atoms with Crippen LogP contribution in [0.5, 0.6) is 0 Å². The van der Waals surface area contributed by atoms with Crippen molar-refractivity contribution in [2.24, 2.45) is 5.92 Å². The zero-order valence-electron chi connectivity index (χ0n) is 15.6. The molecule has 1 heterocycles. The zero-order chi connectivity index (χ0) is 22.9. The second-order valence-corrected chi connectivity index (χ2v) is 8.65. The molecule has 1 fully saturated rings. The van der Waals surface area contributed by atoms with Crippen molar-refractivity contribution in [3.05, 3.63) is 59.2 Å². The largest absolute Gasteiger partial charge is 0.293 e. The fourth-order valence-electron chi connectivity index (χ4n) is 3.07. The lowest BCUT2D eigenvalue weighted by atomic mass is 9.99. The number of hydrogen-bond donors (Lipinski definition) is 2. The van der Waals surface area contributed by atoms with E-state index >= 15 is 0 Å². The lowest BCUT2D eigenvalue weighted by molar-refractivity contribution is -0.125. The van der Waals surface area contributed by atoms with Crippen molar-refractivity contribution in [1.29, 1.82) is 0 Å². The Bertz CT molecular complexity index is 1080. The molecule has 0 unspecified atom stereocenters. The Kier molecular flexibility index (Phi) is 6.46. The van der Waals surface area contributed by atoms with Crippen molar-refractivity contribution < 1.29 is 39.6 Å². The average Bonchev–Trinajstić information content (AvgIpc) is 2.76. The molecule has 2 N–H and O–H groups in total. The van der Waals surface area contributed by atoms with Crippen molar-refractivity contribution in [1.82, 2.24) is 9.73 Å². The molecule has 1 saturated heterocycles. The first-order chi connectivity index (χ1) is 14.5. The highest BCUT2D eigenvalue weighted by Crippen LogP contribution is 2.27. The number of rotatable bonds is 5. The molecular weight excluding hydrogens is 452 g/mol. The summed E-state index contributed by atoms with van der Waals surface area (Å²) in [4.78, 5) is 12.1. The molecule has 1 aliphatic heterocycles. The first-order valence-corrected chi connectivity index (χ1v) is 10.3. The van der Waals surface area contributed by atoms with E-state index in [0.29, 0.717) is 0 Å². The Balaban J connectivity index is 1.72. The Morgan fingerprint density at radius 1 is 0.903 bits per heavy atom. The topological polar surface area (TPSA) is 78.5 Å². The minimum Gasteiger partial charge on any atom is -0.293 e. The Morgan fingerprint density at radius 3 is 2.03 bits per heavy atom. The molecule has 3 rings (SSSR count). The summed E-state index contributed by atoms with van der Waals surface area (Å²) in [6.07, 6.45) is 0.473. The number of anilines is 1. The van der Waals surface area contributed by atoms with Gasteiger partial charge < -0.3 is 0 Å². The van der Waals surface area contributed by atoms with E-state index in [1.165, 1.54) is 0 Å². The quantitative estimate of drug-likeness (QED) is 0.307. The van der Waals surface area contributed by atoms with Crippen LogP contribution in [0, 0.1) is 40.8 Å². The molecule has 1 atom stereocenters. The van der Waals surface area contributed by atoms with Gasteiger partial charge in [0, 0.05) is 13.1 Å². The van der Waals surface area contributed by atoms with Gasteiger partial charge in [0.15, 0.2) is 23.3 Å². The number of benzene rings is 2. The molecule has 0 aromatic heterocycles. The van der Waals surface area contributed by atoms with Crippen LogP contribution in [0.3, 0.4) is 0 Å². The summed E-state index contributed by atoms with van der Waals surface area (Å²) < 4.78 is 106.